The summed E-state index contributed by atoms with van der Waals surface area (Å²) in [6, 6.07) is 5.06. The van der Waals surface area contributed by atoms with Crippen molar-refractivity contribution < 1.29 is 9.59 Å². The van der Waals surface area contributed by atoms with Crippen LogP contribution in [0.4, 0.5) is 11.4 Å². The molecule has 3 N–H and O–H groups in total. The number of anilines is 2. The summed E-state index contributed by atoms with van der Waals surface area (Å²) in [4.78, 5) is 23.4. The molecule has 21 heavy (non-hydrogen) atoms. The fourth-order valence-electron chi connectivity index (χ4n) is 2.42. The second kappa shape index (κ2) is 6.45. The van der Waals surface area contributed by atoms with Crippen LogP contribution in [0.2, 0.25) is 5.02 Å². The maximum atomic E-state index is 12.4. The fourth-order valence-corrected chi connectivity index (χ4v) is 2.64. The van der Waals surface area contributed by atoms with E-state index in [0.717, 1.165) is 19.4 Å². The van der Waals surface area contributed by atoms with Crippen LogP contribution in [-0.4, -0.2) is 24.9 Å². The topological polar surface area (TPSA) is 70.2 Å². The van der Waals surface area contributed by atoms with E-state index in [2.05, 4.69) is 16.0 Å². The third-order valence-electron chi connectivity index (χ3n) is 3.68. The largest absolute Gasteiger partial charge is 0.326 e. The second-order valence-electron chi connectivity index (χ2n) is 5.67. The molecule has 1 saturated heterocycles. The lowest BCUT2D eigenvalue weighted by atomic mass is 9.82. The van der Waals surface area contributed by atoms with Crippen molar-refractivity contribution in [3.05, 3.63) is 23.2 Å². The Labute approximate surface area is 129 Å². The molecule has 1 atom stereocenters. The minimum atomic E-state index is -0.402. The molecule has 1 unspecified atom stereocenters. The normalized spacial score (nSPS) is 21.7. The Kier molecular flexibility index (Phi) is 4.85. The summed E-state index contributed by atoms with van der Waals surface area (Å²) in [5.74, 6) is -0.201. The first-order valence-corrected chi connectivity index (χ1v) is 7.38. The van der Waals surface area contributed by atoms with E-state index in [4.69, 9.17) is 11.6 Å². The van der Waals surface area contributed by atoms with E-state index in [9.17, 15) is 9.59 Å². The van der Waals surface area contributed by atoms with Gasteiger partial charge >= 0.3 is 0 Å². The van der Waals surface area contributed by atoms with Crippen LogP contribution in [0.3, 0.4) is 0 Å². The fraction of sp³-hybridized carbons (Fsp3) is 0.467. The van der Waals surface area contributed by atoms with Crippen LogP contribution in [-0.2, 0) is 9.59 Å². The SMILES string of the molecule is CC(=O)Nc1ccc(NC(=O)C2(C)CCCNC2)cc1Cl. The molecule has 114 valence electrons. The lowest BCUT2D eigenvalue weighted by Gasteiger charge is -2.32. The summed E-state index contributed by atoms with van der Waals surface area (Å²) in [5, 5.41) is 9.18. The summed E-state index contributed by atoms with van der Waals surface area (Å²) in [5.41, 5.74) is 0.764. The second-order valence-corrected chi connectivity index (χ2v) is 6.08. The lowest BCUT2D eigenvalue weighted by Crippen LogP contribution is -2.46. The molecule has 0 saturated carbocycles. The van der Waals surface area contributed by atoms with Crippen LogP contribution in [0, 0.1) is 5.41 Å². The van der Waals surface area contributed by atoms with E-state index in [1.165, 1.54) is 6.92 Å². The Morgan fingerprint density at radius 3 is 2.67 bits per heavy atom. The highest BCUT2D eigenvalue weighted by molar-refractivity contribution is 6.34. The molecule has 0 aromatic heterocycles. The van der Waals surface area contributed by atoms with Crippen molar-refractivity contribution in [2.45, 2.75) is 26.7 Å². The van der Waals surface area contributed by atoms with Gasteiger partial charge in [-0.05, 0) is 44.5 Å². The smallest absolute Gasteiger partial charge is 0.231 e. The molecule has 2 rings (SSSR count). The Balaban J connectivity index is 2.07. The highest BCUT2D eigenvalue weighted by Gasteiger charge is 2.34. The quantitative estimate of drug-likeness (QED) is 0.804. The number of hydrogen-bond acceptors (Lipinski definition) is 3. The van der Waals surface area contributed by atoms with Crippen molar-refractivity contribution >= 4 is 34.8 Å². The lowest BCUT2D eigenvalue weighted by molar-refractivity contribution is -0.125. The zero-order chi connectivity index (χ0) is 15.5. The number of amides is 2. The van der Waals surface area contributed by atoms with Gasteiger partial charge in [0.05, 0.1) is 16.1 Å². The molecular formula is C15H20ClN3O2. The average molecular weight is 310 g/mol. The molecule has 5 nitrogen and oxygen atoms in total. The molecule has 1 fully saturated rings. The summed E-state index contributed by atoms with van der Waals surface area (Å²) in [6.07, 6.45) is 1.86. The Hall–Kier alpha value is -1.59. The molecule has 0 bridgehead atoms. The van der Waals surface area contributed by atoms with Gasteiger partial charge in [-0.2, -0.15) is 0 Å². The monoisotopic (exact) mass is 309 g/mol. The Bertz CT molecular complexity index is 554. The molecule has 2 amide bonds. The van der Waals surface area contributed by atoms with Gasteiger partial charge in [0, 0.05) is 19.2 Å². The van der Waals surface area contributed by atoms with Gasteiger partial charge in [-0.15, -0.1) is 0 Å². The van der Waals surface area contributed by atoms with Gasteiger partial charge in [0.15, 0.2) is 0 Å². The maximum Gasteiger partial charge on any atom is 0.231 e. The number of piperidine rings is 1. The molecule has 0 aliphatic carbocycles. The standard InChI is InChI=1S/C15H20ClN3O2/c1-10(20)18-13-5-4-11(8-12(13)16)19-14(21)15(2)6-3-7-17-9-15/h4-5,8,17H,3,6-7,9H2,1-2H3,(H,18,20)(H,19,21). The molecule has 0 spiro atoms. The molecule has 1 aliphatic rings. The number of nitrogens with one attached hydrogen (secondary N) is 3. The molecule has 1 aliphatic heterocycles. The third kappa shape index (κ3) is 3.95. The number of benzene rings is 1. The van der Waals surface area contributed by atoms with Crippen LogP contribution in [0.1, 0.15) is 26.7 Å². The van der Waals surface area contributed by atoms with Gasteiger partial charge in [-0.1, -0.05) is 11.6 Å². The molecular weight excluding hydrogens is 290 g/mol. The van der Waals surface area contributed by atoms with Crippen LogP contribution >= 0.6 is 11.6 Å². The Morgan fingerprint density at radius 2 is 2.10 bits per heavy atom. The van der Waals surface area contributed by atoms with Crippen molar-refractivity contribution in [1.29, 1.82) is 0 Å². The van der Waals surface area contributed by atoms with Crippen LogP contribution in [0.5, 0.6) is 0 Å². The van der Waals surface area contributed by atoms with Crippen LogP contribution in [0.15, 0.2) is 18.2 Å². The number of hydrogen-bond donors (Lipinski definition) is 3. The van der Waals surface area contributed by atoms with Gasteiger partial charge in [-0.3, -0.25) is 9.59 Å². The van der Waals surface area contributed by atoms with Crippen molar-refractivity contribution in [2.24, 2.45) is 5.41 Å². The van der Waals surface area contributed by atoms with Crippen LogP contribution < -0.4 is 16.0 Å². The predicted octanol–water partition coefficient (Wildman–Crippen LogP) is 2.63. The molecule has 0 radical (unpaired) electrons. The first-order valence-electron chi connectivity index (χ1n) is 7.00. The average Bonchev–Trinajstić information content (AvgIpc) is 2.42. The van der Waals surface area contributed by atoms with Gasteiger partial charge in [0.1, 0.15) is 0 Å². The highest BCUT2D eigenvalue weighted by Crippen LogP contribution is 2.29. The van der Waals surface area contributed by atoms with Gasteiger partial charge in [0.2, 0.25) is 11.8 Å². The van der Waals surface area contributed by atoms with Crippen molar-refractivity contribution in [2.75, 3.05) is 23.7 Å². The van der Waals surface area contributed by atoms with Gasteiger partial charge in [0.25, 0.3) is 0 Å². The van der Waals surface area contributed by atoms with E-state index >= 15 is 0 Å². The van der Waals surface area contributed by atoms with E-state index in [1.54, 1.807) is 18.2 Å². The first kappa shape index (κ1) is 15.8. The van der Waals surface area contributed by atoms with E-state index < -0.39 is 5.41 Å². The summed E-state index contributed by atoms with van der Waals surface area (Å²) in [6.45, 7) is 5.02. The summed E-state index contributed by atoms with van der Waals surface area (Å²) in [7, 11) is 0. The number of rotatable bonds is 3. The number of carbonyl (C=O) groups is 2. The molecule has 1 heterocycles. The number of halogens is 1. The molecule has 1 aromatic rings. The zero-order valence-electron chi connectivity index (χ0n) is 12.3. The minimum absolute atomic E-state index is 0.0157. The van der Waals surface area contributed by atoms with Crippen molar-refractivity contribution in [3.8, 4) is 0 Å². The number of carbonyl (C=O) groups excluding carboxylic acids is 2. The molecule has 1 aromatic carbocycles. The Morgan fingerprint density at radius 1 is 1.33 bits per heavy atom. The minimum Gasteiger partial charge on any atom is -0.326 e. The maximum absolute atomic E-state index is 12.4. The predicted molar refractivity (Wildman–Crippen MR) is 84.6 cm³/mol. The zero-order valence-corrected chi connectivity index (χ0v) is 13.0. The van der Waals surface area contributed by atoms with E-state index in [1.807, 2.05) is 6.92 Å². The molecule has 6 heteroatoms. The van der Waals surface area contributed by atoms with Gasteiger partial charge in [-0.25, -0.2) is 0 Å². The third-order valence-corrected chi connectivity index (χ3v) is 4.00. The summed E-state index contributed by atoms with van der Waals surface area (Å²) < 4.78 is 0. The van der Waals surface area contributed by atoms with Crippen LogP contribution in [0.25, 0.3) is 0 Å². The summed E-state index contributed by atoms with van der Waals surface area (Å²) >= 11 is 6.10. The first-order chi connectivity index (χ1) is 9.90. The van der Waals surface area contributed by atoms with Crippen molar-refractivity contribution in [3.63, 3.8) is 0 Å². The van der Waals surface area contributed by atoms with Gasteiger partial charge < -0.3 is 16.0 Å². The van der Waals surface area contributed by atoms with E-state index in [0.29, 0.717) is 22.9 Å². The van der Waals surface area contributed by atoms with E-state index in [-0.39, 0.29) is 11.8 Å². The van der Waals surface area contributed by atoms with Crippen molar-refractivity contribution in [1.82, 2.24) is 5.32 Å². The highest BCUT2D eigenvalue weighted by atomic mass is 35.5.